The molecular formula is H8MgO8P2. The largest absolute Gasteiger partial charge is 2.00 e. The molecule has 0 amide bonds. The summed E-state index contributed by atoms with van der Waals surface area (Å²) >= 11 is 0. The van der Waals surface area contributed by atoms with Crippen LogP contribution in [0, 0.1) is 0 Å². The summed E-state index contributed by atoms with van der Waals surface area (Å²) < 4.78 is 17.8. The molecule has 6 N–H and O–H groups in total. The van der Waals surface area contributed by atoms with Crippen molar-refractivity contribution in [2.75, 3.05) is 0 Å². The van der Waals surface area contributed by atoms with E-state index in [4.69, 9.17) is 38.5 Å². The van der Waals surface area contributed by atoms with Gasteiger partial charge in [0.2, 0.25) is 0 Å². The minimum absolute atomic E-state index is 0. The van der Waals surface area contributed by atoms with Crippen molar-refractivity contribution in [1.29, 1.82) is 0 Å². The van der Waals surface area contributed by atoms with Gasteiger partial charge >= 0.3 is 38.7 Å². The van der Waals surface area contributed by atoms with Crippen molar-refractivity contribution < 1.29 is 41.3 Å². The zero-order chi connectivity index (χ0) is 9.00. The second kappa shape index (κ2) is 6.50. The number of phosphoric acid groups is 2. The molecule has 0 aromatic rings. The summed E-state index contributed by atoms with van der Waals surface area (Å²) in [6.45, 7) is 0. The second-order valence-electron chi connectivity index (χ2n) is 1.03. The molecule has 0 aromatic carbocycles. The Morgan fingerprint density at radius 2 is 0.727 bits per heavy atom. The Morgan fingerprint density at radius 3 is 0.727 bits per heavy atom. The predicted octanol–water partition coefficient (Wildman–Crippen LogP) is -2.01. The van der Waals surface area contributed by atoms with E-state index >= 15 is 0 Å². The monoisotopic (exact) mass is 222 g/mol. The predicted molar refractivity (Wildman–Crippen MR) is 36.5 cm³/mol. The van der Waals surface area contributed by atoms with Crippen LogP contribution in [-0.2, 0) is 9.13 Å². The van der Waals surface area contributed by atoms with Gasteiger partial charge in [0.1, 0.15) is 0 Å². The Morgan fingerprint density at radius 1 is 0.727 bits per heavy atom. The van der Waals surface area contributed by atoms with Crippen LogP contribution in [0.15, 0.2) is 0 Å². The van der Waals surface area contributed by atoms with Gasteiger partial charge < -0.3 is 32.2 Å². The molecule has 0 heterocycles. The van der Waals surface area contributed by atoms with Crippen LogP contribution in [0.1, 0.15) is 2.85 Å². The third-order valence-electron chi connectivity index (χ3n) is 0. The molecule has 68 valence electrons. The van der Waals surface area contributed by atoms with Gasteiger partial charge in [-0.25, -0.2) is 9.13 Å². The Labute approximate surface area is 80.5 Å². The molecule has 0 fully saturated rings. The molecule has 0 aliphatic rings. The Hall–Kier alpha value is 0.986. The topological polar surface area (TPSA) is 156 Å². The van der Waals surface area contributed by atoms with E-state index in [2.05, 4.69) is 0 Å². The van der Waals surface area contributed by atoms with E-state index in [1.54, 1.807) is 0 Å². The van der Waals surface area contributed by atoms with Crippen LogP contribution in [-0.4, -0.2) is 52.4 Å². The average molecular weight is 222 g/mol. The normalized spacial score (nSPS) is 10.7. The van der Waals surface area contributed by atoms with Crippen LogP contribution in [0.2, 0.25) is 0 Å². The summed E-state index contributed by atoms with van der Waals surface area (Å²) in [5, 5.41) is 0. The van der Waals surface area contributed by atoms with Crippen LogP contribution < -0.4 is 0 Å². The Kier molecular flexibility index (Phi) is 10.6. The molecule has 0 saturated heterocycles. The molecule has 11 heavy (non-hydrogen) atoms. The maximum absolute atomic E-state index is 8.88. The van der Waals surface area contributed by atoms with Crippen molar-refractivity contribution in [3.63, 3.8) is 0 Å². The third-order valence-corrected chi connectivity index (χ3v) is 0. The molecular weight excluding hydrogens is 214 g/mol. The summed E-state index contributed by atoms with van der Waals surface area (Å²) in [7, 11) is -9.28. The van der Waals surface area contributed by atoms with E-state index in [9.17, 15) is 0 Å². The molecule has 0 saturated carbocycles. The van der Waals surface area contributed by atoms with Gasteiger partial charge in [-0.2, -0.15) is 0 Å². The van der Waals surface area contributed by atoms with Crippen molar-refractivity contribution in [2.45, 2.75) is 0 Å². The minimum Gasteiger partial charge on any atom is -1.00 e. The van der Waals surface area contributed by atoms with Crippen LogP contribution >= 0.6 is 15.6 Å². The summed E-state index contributed by atoms with van der Waals surface area (Å²) in [5.74, 6) is 0. The van der Waals surface area contributed by atoms with Gasteiger partial charge in [-0.3, -0.25) is 0 Å². The fraction of sp³-hybridized carbons (Fsp3) is 0. The summed E-state index contributed by atoms with van der Waals surface area (Å²) in [6, 6.07) is 0. The number of hydrogen-bond acceptors (Lipinski definition) is 2. The minimum atomic E-state index is -4.64. The quantitative estimate of drug-likeness (QED) is 0.203. The molecule has 0 spiro atoms. The van der Waals surface area contributed by atoms with Crippen molar-refractivity contribution in [2.24, 2.45) is 0 Å². The Bertz CT molecular complexity index is 132. The van der Waals surface area contributed by atoms with Crippen LogP contribution in [0.3, 0.4) is 0 Å². The van der Waals surface area contributed by atoms with Gasteiger partial charge in [-0.05, 0) is 0 Å². The zero-order valence-corrected chi connectivity index (χ0v) is 8.30. The molecule has 8 nitrogen and oxygen atoms in total. The van der Waals surface area contributed by atoms with E-state index in [0.717, 1.165) is 0 Å². The molecule has 0 atom stereocenters. The van der Waals surface area contributed by atoms with Crippen LogP contribution in [0.5, 0.6) is 0 Å². The van der Waals surface area contributed by atoms with Gasteiger partial charge in [0.25, 0.3) is 0 Å². The van der Waals surface area contributed by atoms with Gasteiger partial charge in [-0.1, -0.05) is 0 Å². The fourth-order valence-corrected chi connectivity index (χ4v) is 0. The maximum Gasteiger partial charge on any atom is 2.00 e. The molecule has 0 aromatic heterocycles. The number of hydrogen-bond donors (Lipinski definition) is 6. The molecule has 0 aliphatic carbocycles. The molecule has 0 bridgehead atoms. The first-order valence-corrected chi connectivity index (χ1v) is 4.70. The van der Waals surface area contributed by atoms with E-state index < -0.39 is 15.6 Å². The van der Waals surface area contributed by atoms with Crippen molar-refractivity contribution in [3.8, 4) is 0 Å². The third kappa shape index (κ3) is 912. The van der Waals surface area contributed by atoms with Gasteiger partial charge in [0.05, 0.1) is 0 Å². The van der Waals surface area contributed by atoms with Crippen molar-refractivity contribution >= 4 is 38.7 Å². The van der Waals surface area contributed by atoms with E-state index in [0.29, 0.717) is 0 Å². The first-order chi connectivity index (χ1) is 4.00. The van der Waals surface area contributed by atoms with Gasteiger partial charge in [0.15, 0.2) is 0 Å². The average Bonchev–Trinajstić information content (AvgIpc) is 1.12. The van der Waals surface area contributed by atoms with E-state index in [1.165, 1.54) is 0 Å². The van der Waals surface area contributed by atoms with Crippen LogP contribution in [0.4, 0.5) is 0 Å². The molecule has 0 unspecified atom stereocenters. The fourth-order valence-electron chi connectivity index (χ4n) is 0. The number of rotatable bonds is 0. The van der Waals surface area contributed by atoms with Gasteiger partial charge in [0, 0.05) is 0 Å². The SMILES string of the molecule is O=P(O)(O)O.O=P(O)(O)O.[H-].[H-].[Mg+2]. The molecule has 0 aliphatic heterocycles. The van der Waals surface area contributed by atoms with Crippen molar-refractivity contribution in [3.05, 3.63) is 0 Å². The summed E-state index contributed by atoms with van der Waals surface area (Å²) in [6.07, 6.45) is 0. The van der Waals surface area contributed by atoms with E-state index in [1.807, 2.05) is 0 Å². The molecule has 0 radical (unpaired) electrons. The summed E-state index contributed by atoms with van der Waals surface area (Å²) in [5.41, 5.74) is 0. The first-order valence-electron chi connectivity index (χ1n) is 1.57. The van der Waals surface area contributed by atoms with Crippen LogP contribution in [0.25, 0.3) is 0 Å². The second-order valence-corrected chi connectivity index (χ2v) is 3.08. The Balaban J connectivity index is -0.0000000267. The molecule has 0 rings (SSSR count). The molecule has 11 heteroatoms. The standard InChI is InChI=1S/Mg.2H3O4P.2H/c;2*1-5(2,3)4;;/h;2*(H3,1,2,3,4);;/q+2;;;2*-1. The van der Waals surface area contributed by atoms with Gasteiger partial charge in [-0.15, -0.1) is 0 Å². The smallest absolute Gasteiger partial charge is 1.00 e. The summed E-state index contributed by atoms with van der Waals surface area (Å²) in [4.78, 5) is 43.1. The maximum atomic E-state index is 8.88. The van der Waals surface area contributed by atoms with E-state index in [-0.39, 0.29) is 25.9 Å². The van der Waals surface area contributed by atoms with Crippen molar-refractivity contribution in [1.82, 2.24) is 0 Å². The first kappa shape index (κ1) is 17.9. The zero-order valence-electron chi connectivity index (χ0n) is 7.10.